The van der Waals surface area contributed by atoms with Crippen molar-refractivity contribution in [2.75, 3.05) is 0 Å². The molecule has 0 aliphatic rings. The maximum atomic E-state index is 10.9. The average Bonchev–Trinajstić information content (AvgIpc) is 2.00. The van der Waals surface area contributed by atoms with Crippen molar-refractivity contribution in [3.05, 3.63) is 12.7 Å². The molecule has 0 spiro atoms. The Balaban J connectivity index is 4.48. The van der Waals surface area contributed by atoms with Crippen molar-refractivity contribution >= 4 is 11.9 Å². The lowest BCUT2D eigenvalue weighted by molar-refractivity contribution is -0.202. The average molecular weight is 200 g/mol. The molecule has 0 aromatic carbocycles. The van der Waals surface area contributed by atoms with Gasteiger partial charge in [0.1, 0.15) is 0 Å². The summed E-state index contributed by atoms with van der Waals surface area (Å²) in [6.45, 7) is 9.93. The lowest BCUT2D eigenvalue weighted by Gasteiger charge is -2.28. The molecule has 1 unspecified atom stereocenters. The zero-order chi connectivity index (χ0) is 11.4. The maximum Gasteiger partial charge on any atom is 0.333 e. The summed E-state index contributed by atoms with van der Waals surface area (Å²) >= 11 is 0. The number of ether oxygens (including phenoxy) is 2. The van der Waals surface area contributed by atoms with Crippen molar-refractivity contribution in [2.24, 2.45) is 5.41 Å². The van der Waals surface area contributed by atoms with E-state index in [0.29, 0.717) is 0 Å². The van der Waals surface area contributed by atoms with E-state index in [0.717, 1.165) is 6.08 Å². The molecular formula is C10H16O4. The molecule has 0 aromatic rings. The van der Waals surface area contributed by atoms with Crippen LogP contribution in [0.2, 0.25) is 0 Å². The van der Waals surface area contributed by atoms with Crippen LogP contribution in [0, 0.1) is 5.41 Å². The van der Waals surface area contributed by atoms with E-state index in [2.05, 4.69) is 6.58 Å². The van der Waals surface area contributed by atoms with Crippen LogP contribution in [-0.4, -0.2) is 18.2 Å². The zero-order valence-electron chi connectivity index (χ0n) is 8.99. The van der Waals surface area contributed by atoms with Crippen LogP contribution < -0.4 is 0 Å². The summed E-state index contributed by atoms with van der Waals surface area (Å²) in [7, 11) is 0. The summed E-state index contributed by atoms with van der Waals surface area (Å²) in [5, 5.41) is 0. The summed E-state index contributed by atoms with van der Waals surface area (Å²) < 4.78 is 9.73. The van der Waals surface area contributed by atoms with E-state index in [1.54, 1.807) is 20.8 Å². The van der Waals surface area contributed by atoms with Gasteiger partial charge in [0.15, 0.2) is 0 Å². The zero-order valence-corrected chi connectivity index (χ0v) is 8.99. The summed E-state index contributed by atoms with van der Waals surface area (Å²) in [5.41, 5.74) is -0.454. The summed E-state index contributed by atoms with van der Waals surface area (Å²) in [4.78, 5) is 21.7. The van der Waals surface area contributed by atoms with Crippen LogP contribution >= 0.6 is 0 Å². The summed E-state index contributed by atoms with van der Waals surface area (Å²) in [5.74, 6) is -1.09. The first-order valence-electron chi connectivity index (χ1n) is 4.27. The summed E-state index contributed by atoms with van der Waals surface area (Å²) in [6.07, 6.45) is 0.146. The molecule has 0 heterocycles. The van der Waals surface area contributed by atoms with Crippen molar-refractivity contribution in [1.82, 2.24) is 0 Å². The van der Waals surface area contributed by atoms with Crippen molar-refractivity contribution in [3.8, 4) is 0 Å². The quantitative estimate of drug-likeness (QED) is 0.395. The maximum absolute atomic E-state index is 10.9. The van der Waals surface area contributed by atoms with Gasteiger partial charge in [-0.1, -0.05) is 27.4 Å². The molecule has 1 atom stereocenters. The standard InChI is InChI=1S/C10H16O4/c1-6-8(12)14-9(10(3,4)5)13-7(2)11/h6,9H,1H2,2-5H3. The van der Waals surface area contributed by atoms with Crippen LogP contribution in [0.1, 0.15) is 27.7 Å². The first kappa shape index (κ1) is 12.7. The summed E-state index contributed by atoms with van der Waals surface area (Å²) in [6, 6.07) is 0. The molecule has 0 fully saturated rings. The third-order valence-electron chi connectivity index (χ3n) is 1.37. The Bertz CT molecular complexity index is 237. The molecule has 14 heavy (non-hydrogen) atoms. The van der Waals surface area contributed by atoms with Gasteiger partial charge in [-0.2, -0.15) is 0 Å². The Morgan fingerprint density at radius 1 is 1.29 bits per heavy atom. The highest BCUT2D eigenvalue weighted by Crippen LogP contribution is 2.23. The van der Waals surface area contributed by atoms with Gasteiger partial charge in [-0.3, -0.25) is 4.79 Å². The third kappa shape index (κ3) is 4.64. The number of rotatable bonds is 3. The van der Waals surface area contributed by atoms with Crippen molar-refractivity contribution < 1.29 is 19.1 Å². The monoisotopic (exact) mass is 200 g/mol. The second kappa shape index (κ2) is 4.79. The van der Waals surface area contributed by atoms with Crippen LogP contribution in [-0.2, 0) is 19.1 Å². The van der Waals surface area contributed by atoms with Crippen LogP contribution in [0.25, 0.3) is 0 Å². The molecule has 0 saturated carbocycles. The van der Waals surface area contributed by atoms with E-state index in [-0.39, 0.29) is 0 Å². The van der Waals surface area contributed by atoms with E-state index in [1.165, 1.54) is 6.92 Å². The molecule has 0 aliphatic carbocycles. The lowest BCUT2D eigenvalue weighted by Crippen LogP contribution is -2.35. The largest absolute Gasteiger partial charge is 0.425 e. The van der Waals surface area contributed by atoms with Crippen LogP contribution in [0.15, 0.2) is 12.7 Å². The van der Waals surface area contributed by atoms with Gasteiger partial charge in [-0.05, 0) is 0 Å². The smallest absolute Gasteiger partial charge is 0.333 e. The van der Waals surface area contributed by atoms with E-state index >= 15 is 0 Å². The minimum Gasteiger partial charge on any atom is -0.425 e. The lowest BCUT2D eigenvalue weighted by atomic mass is 9.96. The number of esters is 2. The fraction of sp³-hybridized carbons (Fsp3) is 0.600. The molecule has 0 amide bonds. The molecule has 4 heteroatoms. The molecule has 0 aliphatic heterocycles. The van der Waals surface area contributed by atoms with Crippen LogP contribution in [0.4, 0.5) is 0 Å². The molecule has 0 rings (SSSR count). The predicted molar refractivity (Wildman–Crippen MR) is 51.3 cm³/mol. The molecule has 80 valence electrons. The number of hydrogen-bond donors (Lipinski definition) is 0. The first-order chi connectivity index (χ1) is 6.27. The SMILES string of the molecule is C=CC(=O)OC(OC(C)=O)C(C)(C)C. The fourth-order valence-electron chi connectivity index (χ4n) is 0.682. The highest BCUT2D eigenvalue weighted by Gasteiger charge is 2.30. The molecular weight excluding hydrogens is 184 g/mol. The Kier molecular flexibility index (Phi) is 4.34. The Morgan fingerprint density at radius 2 is 1.79 bits per heavy atom. The molecule has 0 N–H and O–H groups in total. The predicted octanol–water partition coefficient (Wildman–Crippen LogP) is 1.65. The normalized spacial score (nSPS) is 12.9. The second-order valence-corrected chi connectivity index (χ2v) is 3.95. The Morgan fingerprint density at radius 3 is 2.07 bits per heavy atom. The van der Waals surface area contributed by atoms with Gasteiger partial charge >= 0.3 is 11.9 Å². The topological polar surface area (TPSA) is 52.6 Å². The van der Waals surface area contributed by atoms with E-state index in [9.17, 15) is 9.59 Å². The molecule has 4 nitrogen and oxygen atoms in total. The molecule has 0 aromatic heterocycles. The van der Waals surface area contributed by atoms with Gasteiger partial charge < -0.3 is 9.47 Å². The van der Waals surface area contributed by atoms with Gasteiger partial charge in [0.25, 0.3) is 6.29 Å². The first-order valence-corrected chi connectivity index (χ1v) is 4.27. The highest BCUT2D eigenvalue weighted by atomic mass is 16.7. The number of carbonyl (C=O) groups is 2. The highest BCUT2D eigenvalue weighted by molar-refractivity contribution is 5.81. The van der Waals surface area contributed by atoms with Gasteiger partial charge in [0.05, 0.1) is 0 Å². The second-order valence-electron chi connectivity index (χ2n) is 3.95. The van der Waals surface area contributed by atoms with E-state index in [1.807, 2.05) is 0 Å². The van der Waals surface area contributed by atoms with Crippen molar-refractivity contribution in [3.63, 3.8) is 0 Å². The van der Waals surface area contributed by atoms with Crippen LogP contribution in [0.5, 0.6) is 0 Å². The van der Waals surface area contributed by atoms with Crippen LogP contribution in [0.3, 0.4) is 0 Å². The molecule has 0 radical (unpaired) electrons. The molecule has 0 saturated heterocycles. The van der Waals surface area contributed by atoms with Gasteiger partial charge in [-0.25, -0.2) is 4.79 Å². The third-order valence-corrected chi connectivity index (χ3v) is 1.37. The Hall–Kier alpha value is -1.32. The van der Waals surface area contributed by atoms with E-state index < -0.39 is 23.6 Å². The minimum absolute atomic E-state index is 0.454. The Labute approximate surface area is 83.9 Å². The van der Waals surface area contributed by atoms with E-state index in [4.69, 9.17) is 9.47 Å². The van der Waals surface area contributed by atoms with Gasteiger partial charge in [0.2, 0.25) is 0 Å². The molecule has 0 bridgehead atoms. The minimum atomic E-state index is -0.884. The van der Waals surface area contributed by atoms with Gasteiger partial charge in [-0.15, -0.1) is 0 Å². The number of carbonyl (C=O) groups excluding carboxylic acids is 2. The fourth-order valence-corrected chi connectivity index (χ4v) is 0.682. The van der Waals surface area contributed by atoms with Crippen molar-refractivity contribution in [2.45, 2.75) is 34.0 Å². The number of hydrogen-bond acceptors (Lipinski definition) is 4. The van der Waals surface area contributed by atoms with Gasteiger partial charge in [0, 0.05) is 18.4 Å². The van der Waals surface area contributed by atoms with Crippen molar-refractivity contribution in [1.29, 1.82) is 0 Å².